The number of rotatable bonds is 8. The van der Waals surface area contributed by atoms with Crippen molar-refractivity contribution in [3.63, 3.8) is 0 Å². The number of hydrogen-bond acceptors (Lipinski definition) is 2. The van der Waals surface area contributed by atoms with Crippen molar-refractivity contribution in [1.82, 2.24) is 15.1 Å². The molecule has 3 nitrogen and oxygen atoms in total. The summed E-state index contributed by atoms with van der Waals surface area (Å²) < 4.78 is 27.7. The molecule has 0 saturated carbocycles. The van der Waals surface area contributed by atoms with Crippen LogP contribution in [0.3, 0.4) is 0 Å². The molecule has 1 unspecified atom stereocenters. The number of halogens is 2. The zero-order valence-corrected chi connectivity index (χ0v) is 11.4. The first kappa shape index (κ1) is 15.1. The highest BCUT2D eigenvalue weighted by Crippen LogP contribution is 2.12. The maximum atomic E-state index is 12.9. The highest BCUT2D eigenvalue weighted by atomic mass is 19.3. The van der Waals surface area contributed by atoms with Crippen LogP contribution in [0.4, 0.5) is 8.78 Å². The van der Waals surface area contributed by atoms with Gasteiger partial charge in [-0.25, -0.2) is 8.78 Å². The van der Waals surface area contributed by atoms with Crippen LogP contribution in [-0.2, 0) is 19.4 Å². The van der Waals surface area contributed by atoms with Crippen LogP contribution in [0.5, 0.6) is 0 Å². The van der Waals surface area contributed by atoms with Crippen molar-refractivity contribution in [2.24, 2.45) is 0 Å². The Morgan fingerprint density at radius 1 is 1.33 bits per heavy atom. The number of nitrogens with zero attached hydrogens (tertiary/aromatic N) is 2. The minimum absolute atomic E-state index is 0.332. The molecule has 1 atom stereocenters. The van der Waals surface area contributed by atoms with Gasteiger partial charge in [-0.05, 0) is 32.4 Å². The summed E-state index contributed by atoms with van der Waals surface area (Å²) in [5.41, 5.74) is 1.86. The molecule has 0 aliphatic rings. The van der Waals surface area contributed by atoms with Gasteiger partial charge in [0, 0.05) is 18.7 Å². The molecule has 1 aromatic heterocycles. The summed E-state index contributed by atoms with van der Waals surface area (Å²) in [6.07, 6.45) is -0.321. The van der Waals surface area contributed by atoms with Gasteiger partial charge in [0.1, 0.15) is 0 Å². The van der Waals surface area contributed by atoms with Crippen molar-refractivity contribution in [2.75, 3.05) is 6.54 Å². The molecule has 0 fully saturated rings. The van der Waals surface area contributed by atoms with Gasteiger partial charge < -0.3 is 5.32 Å². The third-order valence-electron chi connectivity index (χ3n) is 2.97. The molecule has 0 bridgehead atoms. The van der Waals surface area contributed by atoms with Crippen LogP contribution < -0.4 is 5.32 Å². The second-order valence-corrected chi connectivity index (χ2v) is 4.40. The molecule has 0 radical (unpaired) electrons. The van der Waals surface area contributed by atoms with Crippen LogP contribution in [0.2, 0.25) is 0 Å². The summed E-state index contributed by atoms with van der Waals surface area (Å²) in [5.74, 6) is 0. The fourth-order valence-electron chi connectivity index (χ4n) is 1.93. The quantitative estimate of drug-likeness (QED) is 0.778. The van der Waals surface area contributed by atoms with Gasteiger partial charge in [0.05, 0.1) is 11.7 Å². The maximum absolute atomic E-state index is 12.9. The molecular weight excluding hydrogens is 236 g/mol. The SMILES string of the molecule is CCCNC(Cc1cc(CC)nn1CC)C(F)F. The van der Waals surface area contributed by atoms with E-state index in [4.69, 9.17) is 0 Å². The Balaban J connectivity index is 2.75. The van der Waals surface area contributed by atoms with Gasteiger partial charge in [0.15, 0.2) is 0 Å². The van der Waals surface area contributed by atoms with Gasteiger partial charge in [0.25, 0.3) is 6.43 Å². The Labute approximate surface area is 108 Å². The average Bonchev–Trinajstić information content (AvgIpc) is 2.76. The Morgan fingerprint density at radius 3 is 2.56 bits per heavy atom. The summed E-state index contributed by atoms with van der Waals surface area (Å²) in [6.45, 7) is 7.31. The van der Waals surface area contributed by atoms with Crippen molar-refractivity contribution < 1.29 is 8.78 Å². The first-order valence-corrected chi connectivity index (χ1v) is 6.69. The van der Waals surface area contributed by atoms with Crippen molar-refractivity contribution in [3.05, 3.63) is 17.5 Å². The summed E-state index contributed by atoms with van der Waals surface area (Å²) >= 11 is 0. The van der Waals surface area contributed by atoms with E-state index in [1.807, 2.05) is 31.5 Å². The van der Waals surface area contributed by atoms with E-state index in [9.17, 15) is 8.78 Å². The zero-order valence-electron chi connectivity index (χ0n) is 11.4. The van der Waals surface area contributed by atoms with E-state index in [0.29, 0.717) is 13.0 Å². The highest BCUT2D eigenvalue weighted by Gasteiger charge is 2.21. The van der Waals surface area contributed by atoms with Crippen molar-refractivity contribution in [1.29, 1.82) is 0 Å². The normalized spacial score (nSPS) is 13.2. The van der Waals surface area contributed by atoms with Crippen molar-refractivity contribution in [3.8, 4) is 0 Å². The average molecular weight is 259 g/mol. The van der Waals surface area contributed by atoms with Crippen LogP contribution in [0, 0.1) is 0 Å². The third-order valence-corrected chi connectivity index (χ3v) is 2.97. The van der Waals surface area contributed by atoms with E-state index < -0.39 is 12.5 Å². The molecule has 1 aromatic rings. The lowest BCUT2D eigenvalue weighted by atomic mass is 10.1. The molecule has 18 heavy (non-hydrogen) atoms. The van der Waals surface area contributed by atoms with Crippen molar-refractivity contribution in [2.45, 2.75) is 59.0 Å². The Bertz CT molecular complexity index is 350. The Hall–Kier alpha value is -0.970. The van der Waals surface area contributed by atoms with Crippen LogP contribution in [0.1, 0.15) is 38.6 Å². The molecular formula is C13H23F2N3. The maximum Gasteiger partial charge on any atom is 0.254 e. The summed E-state index contributed by atoms with van der Waals surface area (Å²) in [7, 11) is 0. The summed E-state index contributed by atoms with van der Waals surface area (Å²) in [4.78, 5) is 0. The number of aromatic nitrogens is 2. The summed E-state index contributed by atoms with van der Waals surface area (Å²) in [6, 6.07) is 1.16. The minimum Gasteiger partial charge on any atom is -0.309 e. The number of alkyl halides is 2. The van der Waals surface area contributed by atoms with E-state index in [1.165, 1.54) is 0 Å². The lowest BCUT2D eigenvalue weighted by Crippen LogP contribution is -2.38. The highest BCUT2D eigenvalue weighted by molar-refractivity contribution is 5.12. The zero-order chi connectivity index (χ0) is 13.5. The molecule has 0 saturated heterocycles. The molecule has 0 aliphatic heterocycles. The van der Waals surface area contributed by atoms with Crippen LogP contribution >= 0.6 is 0 Å². The predicted molar refractivity (Wildman–Crippen MR) is 69.1 cm³/mol. The topological polar surface area (TPSA) is 29.9 Å². The van der Waals surface area contributed by atoms with Crippen LogP contribution in [-0.4, -0.2) is 28.8 Å². The lowest BCUT2D eigenvalue weighted by molar-refractivity contribution is 0.0973. The first-order valence-electron chi connectivity index (χ1n) is 6.69. The standard InChI is InChI=1S/C13H23F2N3/c1-4-7-16-12(13(14)15)9-11-8-10(5-2)17-18(11)6-3/h8,12-13,16H,4-7,9H2,1-3H3. The van der Waals surface area contributed by atoms with Crippen LogP contribution in [0.15, 0.2) is 6.07 Å². The largest absolute Gasteiger partial charge is 0.309 e. The molecule has 5 heteroatoms. The van der Waals surface area contributed by atoms with Gasteiger partial charge in [-0.1, -0.05) is 13.8 Å². The van der Waals surface area contributed by atoms with Gasteiger partial charge >= 0.3 is 0 Å². The predicted octanol–water partition coefficient (Wildman–Crippen LogP) is 2.64. The first-order chi connectivity index (χ1) is 8.62. The van der Waals surface area contributed by atoms with E-state index in [-0.39, 0.29) is 0 Å². The molecule has 0 amide bonds. The number of nitrogens with one attached hydrogen (secondary N) is 1. The third kappa shape index (κ3) is 4.05. The lowest BCUT2D eigenvalue weighted by Gasteiger charge is -2.17. The number of hydrogen-bond donors (Lipinski definition) is 1. The fourth-order valence-corrected chi connectivity index (χ4v) is 1.93. The summed E-state index contributed by atoms with van der Waals surface area (Å²) in [5, 5.41) is 7.29. The molecule has 1 N–H and O–H groups in total. The van der Waals surface area contributed by atoms with E-state index in [0.717, 1.165) is 30.8 Å². The smallest absolute Gasteiger partial charge is 0.254 e. The van der Waals surface area contributed by atoms with Gasteiger partial charge in [-0.15, -0.1) is 0 Å². The molecule has 0 aromatic carbocycles. The van der Waals surface area contributed by atoms with E-state index in [2.05, 4.69) is 10.4 Å². The van der Waals surface area contributed by atoms with Gasteiger partial charge in [0.2, 0.25) is 0 Å². The second-order valence-electron chi connectivity index (χ2n) is 4.40. The fraction of sp³-hybridized carbons (Fsp3) is 0.769. The van der Waals surface area contributed by atoms with Gasteiger partial charge in [-0.2, -0.15) is 5.10 Å². The Kier molecular flexibility index (Phi) is 6.25. The van der Waals surface area contributed by atoms with E-state index in [1.54, 1.807) is 0 Å². The molecule has 1 rings (SSSR count). The minimum atomic E-state index is -2.35. The van der Waals surface area contributed by atoms with E-state index >= 15 is 0 Å². The number of aryl methyl sites for hydroxylation is 2. The van der Waals surface area contributed by atoms with Gasteiger partial charge in [-0.3, -0.25) is 4.68 Å². The molecule has 0 spiro atoms. The van der Waals surface area contributed by atoms with Crippen LogP contribution in [0.25, 0.3) is 0 Å². The molecule has 104 valence electrons. The van der Waals surface area contributed by atoms with Crippen molar-refractivity contribution >= 4 is 0 Å². The Morgan fingerprint density at radius 2 is 2.06 bits per heavy atom. The molecule has 1 heterocycles. The monoisotopic (exact) mass is 259 g/mol. The second kappa shape index (κ2) is 7.46. The molecule has 0 aliphatic carbocycles.